The fourth-order valence-electron chi connectivity index (χ4n) is 4.18. The summed E-state index contributed by atoms with van der Waals surface area (Å²) in [6.07, 6.45) is 6.21. The Labute approximate surface area is 135 Å². The third-order valence-corrected chi connectivity index (χ3v) is 12.8. The van der Waals surface area contributed by atoms with Crippen LogP contribution in [-0.2, 0) is 4.43 Å². The Morgan fingerprint density at radius 1 is 0.952 bits per heavy atom. The summed E-state index contributed by atoms with van der Waals surface area (Å²) in [4.78, 5) is 0. The molecule has 0 aromatic carbocycles. The smallest absolute Gasteiger partial charge is 0.204 e. The molecule has 0 N–H and O–H groups in total. The summed E-state index contributed by atoms with van der Waals surface area (Å²) in [5.74, 6) is 0. The van der Waals surface area contributed by atoms with Crippen LogP contribution < -0.4 is 0 Å². The summed E-state index contributed by atoms with van der Waals surface area (Å²) in [5.41, 5.74) is 2.66. The summed E-state index contributed by atoms with van der Waals surface area (Å²) >= 11 is 0. The van der Waals surface area contributed by atoms with E-state index in [9.17, 15) is 0 Å². The van der Waals surface area contributed by atoms with Crippen molar-refractivity contribution in [3.8, 4) is 0 Å². The zero-order valence-corrected chi connectivity index (χ0v) is 17.0. The first-order valence-corrected chi connectivity index (χ1v) is 11.1. The van der Waals surface area contributed by atoms with Gasteiger partial charge in [-0.2, -0.15) is 0 Å². The fourth-order valence-corrected chi connectivity index (χ4v) is 11.4. The molecule has 21 heavy (non-hydrogen) atoms. The molecular formula is C19H40OSi. The van der Waals surface area contributed by atoms with Gasteiger partial charge in [-0.3, -0.25) is 0 Å². The molecule has 0 amide bonds. The van der Waals surface area contributed by atoms with E-state index in [1.807, 2.05) is 0 Å². The van der Waals surface area contributed by atoms with Crippen LogP contribution in [0, 0.1) is 0 Å². The van der Waals surface area contributed by atoms with E-state index in [2.05, 4.69) is 62.0 Å². The molecule has 0 aromatic rings. The van der Waals surface area contributed by atoms with Gasteiger partial charge in [0.05, 0.1) is 6.61 Å². The molecule has 0 saturated carbocycles. The Hall–Kier alpha value is -0.0831. The lowest BCUT2D eigenvalue weighted by Crippen LogP contribution is -2.56. The van der Waals surface area contributed by atoms with E-state index >= 15 is 0 Å². The molecule has 0 aliphatic heterocycles. The van der Waals surface area contributed by atoms with Gasteiger partial charge >= 0.3 is 0 Å². The SMILES string of the molecule is C=C(C)CO[Si](C(CC)CC)(C(CC)CC)C(C)(C)CC. The molecule has 0 radical (unpaired) electrons. The van der Waals surface area contributed by atoms with Crippen LogP contribution in [-0.4, -0.2) is 14.9 Å². The highest BCUT2D eigenvalue weighted by Crippen LogP contribution is 2.57. The van der Waals surface area contributed by atoms with E-state index in [0.29, 0.717) is 5.04 Å². The number of rotatable bonds is 11. The van der Waals surface area contributed by atoms with Crippen molar-refractivity contribution in [3.05, 3.63) is 12.2 Å². The summed E-state index contributed by atoms with van der Waals surface area (Å²) in [6.45, 7) is 23.6. The molecule has 126 valence electrons. The van der Waals surface area contributed by atoms with E-state index in [1.54, 1.807) is 0 Å². The van der Waals surface area contributed by atoms with E-state index in [0.717, 1.165) is 23.3 Å². The van der Waals surface area contributed by atoms with Crippen LogP contribution in [0.5, 0.6) is 0 Å². The van der Waals surface area contributed by atoms with E-state index < -0.39 is 8.32 Å². The largest absolute Gasteiger partial charge is 0.412 e. The predicted molar refractivity (Wildman–Crippen MR) is 99.5 cm³/mol. The highest BCUT2D eigenvalue weighted by molar-refractivity contribution is 6.79. The van der Waals surface area contributed by atoms with Crippen LogP contribution in [0.4, 0.5) is 0 Å². The van der Waals surface area contributed by atoms with Crippen LogP contribution in [0.25, 0.3) is 0 Å². The molecule has 0 bridgehead atoms. The molecule has 2 heteroatoms. The first-order chi connectivity index (χ1) is 9.77. The van der Waals surface area contributed by atoms with E-state index in [-0.39, 0.29) is 0 Å². The molecule has 1 nitrogen and oxygen atoms in total. The van der Waals surface area contributed by atoms with Crippen molar-refractivity contribution >= 4 is 8.32 Å². The molecule has 0 fully saturated rings. The van der Waals surface area contributed by atoms with Gasteiger partial charge in [-0.05, 0) is 23.0 Å². The average Bonchev–Trinajstić information content (AvgIpc) is 2.45. The maximum atomic E-state index is 6.87. The van der Waals surface area contributed by atoms with Crippen molar-refractivity contribution in [2.45, 2.75) is 104 Å². The number of hydrogen-bond acceptors (Lipinski definition) is 1. The Balaban J connectivity index is 5.97. The van der Waals surface area contributed by atoms with Crippen LogP contribution >= 0.6 is 0 Å². The average molecular weight is 313 g/mol. The summed E-state index contributed by atoms with van der Waals surface area (Å²) < 4.78 is 6.87. The third-order valence-electron chi connectivity index (χ3n) is 5.68. The normalized spacial score (nSPS) is 13.2. The first kappa shape index (κ1) is 20.9. The van der Waals surface area contributed by atoms with Crippen LogP contribution in [0.15, 0.2) is 12.2 Å². The Morgan fingerprint density at radius 3 is 1.57 bits per heavy atom. The van der Waals surface area contributed by atoms with Gasteiger partial charge in [0.15, 0.2) is 0 Å². The van der Waals surface area contributed by atoms with Gasteiger partial charge in [-0.15, -0.1) is 0 Å². The molecule has 0 aromatic heterocycles. The maximum Gasteiger partial charge on any atom is 0.204 e. The summed E-state index contributed by atoms with van der Waals surface area (Å²) in [6, 6.07) is 0. The van der Waals surface area contributed by atoms with E-state index in [4.69, 9.17) is 4.43 Å². The monoisotopic (exact) mass is 312 g/mol. The van der Waals surface area contributed by atoms with Crippen LogP contribution in [0.2, 0.25) is 16.1 Å². The van der Waals surface area contributed by atoms with E-state index in [1.165, 1.54) is 32.1 Å². The lowest BCUT2D eigenvalue weighted by molar-refractivity contribution is 0.269. The molecule has 0 atom stereocenters. The molecule has 0 aliphatic carbocycles. The van der Waals surface area contributed by atoms with Crippen LogP contribution in [0.1, 0.15) is 87.5 Å². The van der Waals surface area contributed by atoms with Gasteiger partial charge in [0.2, 0.25) is 8.32 Å². The van der Waals surface area contributed by atoms with Crippen molar-refractivity contribution in [1.82, 2.24) is 0 Å². The molecule has 0 unspecified atom stereocenters. The van der Waals surface area contributed by atoms with Crippen molar-refractivity contribution in [2.75, 3.05) is 6.61 Å². The number of hydrogen-bond donors (Lipinski definition) is 0. The highest BCUT2D eigenvalue weighted by atomic mass is 28.4. The Bertz CT molecular complexity index is 289. The van der Waals surface area contributed by atoms with Gasteiger partial charge in [-0.1, -0.05) is 92.7 Å². The van der Waals surface area contributed by atoms with Crippen molar-refractivity contribution in [2.24, 2.45) is 0 Å². The quantitative estimate of drug-likeness (QED) is 0.292. The Morgan fingerprint density at radius 2 is 1.33 bits per heavy atom. The van der Waals surface area contributed by atoms with Crippen molar-refractivity contribution < 1.29 is 4.43 Å². The second-order valence-corrected chi connectivity index (χ2v) is 12.2. The lowest BCUT2D eigenvalue weighted by Gasteiger charge is -2.53. The minimum Gasteiger partial charge on any atom is -0.412 e. The Kier molecular flexibility index (Phi) is 9.11. The second-order valence-electron chi connectivity index (χ2n) is 7.30. The molecular weight excluding hydrogens is 272 g/mol. The molecule has 0 aliphatic rings. The van der Waals surface area contributed by atoms with Crippen molar-refractivity contribution in [3.63, 3.8) is 0 Å². The zero-order valence-electron chi connectivity index (χ0n) is 16.0. The van der Waals surface area contributed by atoms with Gasteiger partial charge in [0, 0.05) is 0 Å². The maximum absolute atomic E-state index is 6.87. The molecule has 0 rings (SSSR count). The minimum absolute atomic E-state index is 0.315. The first-order valence-electron chi connectivity index (χ1n) is 9.05. The topological polar surface area (TPSA) is 9.23 Å². The predicted octanol–water partition coefficient (Wildman–Crippen LogP) is 7.10. The summed E-state index contributed by atoms with van der Waals surface area (Å²) in [5, 5.41) is 0.315. The second kappa shape index (κ2) is 9.15. The molecule has 0 heterocycles. The van der Waals surface area contributed by atoms with Crippen molar-refractivity contribution in [1.29, 1.82) is 0 Å². The standard InChI is InChI=1S/C19H40OSi/c1-10-17(11-2)21(18(12-3)13-4,19(8,9)14-5)20-15-16(6)7/h17-18H,6,10-15H2,1-5,7-9H3. The van der Waals surface area contributed by atoms with Gasteiger partial charge in [0.25, 0.3) is 0 Å². The van der Waals surface area contributed by atoms with Gasteiger partial charge in [-0.25, -0.2) is 0 Å². The van der Waals surface area contributed by atoms with Gasteiger partial charge < -0.3 is 4.43 Å². The van der Waals surface area contributed by atoms with Crippen LogP contribution in [0.3, 0.4) is 0 Å². The molecule has 0 saturated heterocycles. The molecule has 0 spiro atoms. The third kappa shape index (κ3) is 4.45. The fraction of sp³-hybridized carbons (Fsp3) is 0.895. The minimum atomic E-state index is -1.91. The summed E-state index contributed by atoms with van der Waals surface area (Å²) in [7, 11) is -1.91. The highest BCUT2D eigenvalue weighted by Gasteiger charge is 2.56. The lowest BCUT2D eigenvalue weighted by atomic mass is 10.1. The van der Waals surface area contributed by atoms with Gasteiger partial charge in [0.1, 0.15) is 0 Å². The zero-order chi connectivity index (χ0) is 16.7.